The molecule has 2 aliphatic heterocycles. The van der Waals surface area contributed by atoms with E-state index in [4.69, 9.17) is 4.74 Å². The number of piperidine rings is 1. The van der Waals surface area contributed by atoms with E-state index in [9.17, 15) is 4.79 Å². The van der Waals surface area contributed by atoms with Gasteiger partial charge in [-0.25, -0.2) is 0 Å². The van der Waals surface area contributed by atoms with E-state index < -0.39 is 0 Å². The van der Waals surface area contributed by atoms with Crippen molar-refractivity contribution in [2.45, 2.75) is 45.1 Å². The highest BCUT2D eigenvalue weighted by Crippen LogP contribution is 2.62. The quantitative estimate of drug-likeness (QED) is 0.905. The number of aryl methyl sites for hydroxylation is 1. The Morgan fingerprint density at radius 3 is 2.75 bits per heavy atom. The summed E-state index contributed by atoms with van der Waals surface area (Å²) >= 11 is 0. The van der Waals surface area contributed by atoms with Crippen molar-refractivity contribution < 1.29 is 9.53 Å². The number of ketones is 1. The fraction of sp³-hybridized carbons (Fsp3) is 0.476. The Morgan fingerprint density at radius 2 is 2.04 bits per heavy atom. The number of allylic oxidation sites excluding steroid dienone is 1. The number of nitrogens with one attached hydrogen (secondary N) is 1. The molecule has 2 heterocycles. The van der Waals surface area contributed by atoms with E-state index in [0.717, 1.165) is 31.7 Å². The highest BCUT2D eigenvalue weighted by atomic mass is 16.5. The first-order chi connectivity index (χ1) is 11.5. The van der Waals surface area contributed by atoms with Crippen molar-refractivity contribution in [3.63, 3.8) is 0 Å². The molecule has 124 valence electrons. The second-order valence-corrected chi connectivity index (χ2v) is 7.95. The molecule has 0 aromatic heterocycles. The monoisotopic (exact) mass is 321 g/mol. The number of hydrogen-bond acceptors (Lipinski definition) is 3. The van der Waals surface area contributed by atoms with Gasteiger partial charge in [-0.15, -0.1) is 0 Å². The van der Waals surface area contributed by atoms with Crippen LogP contribution in [-0.2, 0) is 9.53 Å². The maximum Gasteiger partial charge on any atom is 0.147 e. The molecule has 1 fully saturated rings. The maximum atomic E-state index is 13.2. The van der Waals surface area contributed by atoms with Crippen molar-refractivity contribution in [2.24, 2.45) is 5.92 Å². The number of carbonyl (C=O) groups is 1. The van der Waals surface area contributed by atoms with E-state index in [2.05, 4.69) is 30.4 Å². The zero-order chi connectivity index (χ0) is 16.6. The molecule has 0 saturated carbocycles. The first-order valence-corrected chi connectivity index (χ1v) is 9.07. The van der Waals surface area contributed by atoms with Crippen LogP contribution in [0.5, 0.6) is 0 Å². The number of carbonyl (C=O) groups excluding carboxylic acids is 1. The van der Waals surface area contributed by atoms with Gasteiger partial charge in [0.15, 0.2) is 0 Å². The van der Waals surface area contributed by atoms with Gasteiger partial charge in [-0.05, 0) is 48.4 Å². The van der Waals surface area contributed by atoms with Gasteiger partial charge in [-0.2, -0.15) is 0 Å². The average molecular weight is 321 g/mol. The van der Waals surface area contributed by atoms with Crippen LogP contribution in [0.4, 0.5) is 0 Å². The molecule has 5 rings (SSSR count). The summed E-state index contributed by atoms with van der Waals surface area (Å²) in [6, 6.07) is 4.45. The zero-order valence-corrected chi connectivity index (χ0v) is 14.5. The molecule has 3 heteroatoms. The molecular formula is C21H23NO2. The minimum Gasteiger partial charge on any atom is -0.482 e. The zero-order valence-electron chi connectivity index (χ0n) is 14.5. The van der Waals surface area contributed by atoms with E-state index in [1.807, 2.05) is 13.8 Å². The third kappa shape index (κ3) is 1.63. The largest absolute Gasteiger partial charge is 0.482 e. The smallest absolute Gasteiger partial charge is 0.147 e. The lowest BCUT2D eigenvalue weighted by molar-refractivity contribution is -0.123. The Labute approximate surface area is 142 Å². The van der Waals surface area contributed by atoms with Crippen LogP contribution >= 0.6 is 0 Å². The third-order valence-corrected chi connectivity index (χ3v) is 6.06. The number of benzene rings is 1. The number of Topliss-reactive ketones (excluding diaryl/α,β-unsaturated/α-hetero) is 1. The standard InChI is InChI=1S/C21H23NO2/c1-11(2)20(23)17-14-9-12(3)8-13-10-15-18(16(13)14)19(17)21(24-15)4-6-22-7-5-21/h8-11,17,22H,4-7H2,1-3H3. The SMILES string of the molecule is Cc1cc2c3c(c1)C(C(=O)C(C)C)C1=C3C(=C2)OC12CCNCC2. The molecule has 1 N–H and O–H groups in total. The van der Waals surface area contributed by atoms with Crippen LogP contribution in [0, 0.1) is 12.8 Å². The summed E-state index contributed by atoms with van der Waals surface area (Å²) < 4.78 is 6.55. The van der Waals surface area contributed by atoms with Gasteiger partial charge in [0, 0.05) is 24.3 Å². The Kier molecular flexibility index (Phi) is 2.78. The third-order valence-electron chi connectivity index (χ3n) is 6.06. The normalized spacial score (nSPS) is 25.3. The summed E-state index contributed by atoms with van der Waals surface area (Å²) in [6.07, 6.45) is 4.09. The van der Waals surface area contributed by atoms with Gasteiger partial charge in [-0.3, -0.25) is 4.79 Å². The molecule has 0 bridgehead atoms. The molecule has 2 aliphatic carbocycles. The topological polar surface area (TPSA) is 38.3 Å². The van der Waals surface area contributed by atoms with Gasteiger partial charge in [0.25, 0.3) is 0 Å². The first kappa shape index (κ1) is 14.5. The molecular weight excluding hydrogens is 298 g/mol. The summed E-state index contributed by atoms with van der Waals surface area (Å²) in [4.78, 5) is 13.2. The second-order valence-electron chi connectivity index (χ2n) is 7.95. The van der Waals surface area contributed by atoms with Gasteiger partial charge in [-0.1, -0.05) is 31.5 Å². The highest BCUT2D eigenvalue weighted by Gasteiger charge is 2.56. The fourth-order valence-corrected chi connectivity index (χ4v) is 5.04. The van der Waals surface area contributed by atoms with E-state index in [0.29, 0.717) is 5.78 Å². The molecule has 1 unspecified atom stereocenters. The summed E-state index contributed by atoms with van der Waals surface area (Å²) in [5.41, 5.74) is 7.21. The van der Waals surface area contributed by atoms with Crippen molar-refractivity contribution >= 4 is 17.4 Å². The number of ether oxygens (including phenoxy) is 1. The lowest BCUT2D eigenvalue weighted by Gasteiger charge is -2.38. The van der Waals surface area contributed by atoms with Gasteiger partial charge in [0.05, 0.1) is 5.92 Å². The molecule has 1 aromatic rings. The molecule has 4 aliphatic rings. The van der Waals surface area contributed by atoms with E-state index in [1.54, 1.807) is 0 Å². The van der Waals surface area contributed by atoms with Crippen LogP contribution in [0.15, 0.2) is 23.5 Å². The van der Waals surface area contributed by atoms with E-state index in [-0.39, 0.29) is 17.4 Å². The summed E-state index contributed by atoms with van der Waals surface area (Å²) in [5.74, 6) is 1.26. The van der Waals surface area contributed by atoms with Crippen LogP contribution < -0.4 is 5.32 Å². The predicted molar refractivity (Wildman–Crippen MR) is 94.6 cm³/mol. The number of hydrogen-bond donors (Lipinski definition) is 1. The van der Waals surface area contributed by atoms with Gasteiger partial charge in [0.2, 0.25) is 0 Å². The van der Waals surface area contributed by atoms with Crippen LogP contribution in [-0.4, -0.2) is 24.5 Å². The molecule has 1 saturated heterocycles. The Balaban J connectivity index is 1.77. The molecule has 0 amide bonds. The van der Waals surface area contributed by atoms with Crippen LogP contribution in [0.3, 0.4) is 0 Å². The van der Waals surface area contributed by atoms with Crippen LogP contribution in [0.1, 0.15) is 54.9 Å². The summed E-state index contributed by atoms with van der Waals surface area (Å²) in [6.45, 7) is 8.06. The maximum absolute atomic E-state index is 13.2. The molecule has 1 spiro atoms. The minimum atomic E-state index is -0.272. The fourth-order valence-electron chi connectivity index (χ4n) is 5.04. The van der Waals surface area contributed by atoms with Crippen molar-refractivity contribution in [1.29, 1.82) is 0 Å². The van der Waals surface area contributed by atoms with Crippen molar-refractivity contribution in [2.75, 3.05) is 13.1 Å². The molecule has 1 aromatic carbocycles. The average Bonchev–Trinajstić information content (AvgIpc) is 3.14. The number of rotatable bonds is 2. The molecule has 1 atom stereocenters. The Hall–Kier alpha value is -1.87. The van der Waals surface area contributed by atoms with Gasteiger partial charge >= 0.3 is 0 Å². The highest BCUT2D eigenvalue weighted by molar-refractivity contribution is 6.08. The lowest BCUT2D eigenvalue weighted by Crippen LogP contribution is -2.45. The Morgan fingerprint density at radius 1 is 1.29 bits per heavy atom. The van der Waals surface area contributed by atoms with Crippen molar-refractivity contribution in [3.05, 3.63) is 45.7 Å². The molecule has 24 heavy (non-hydrogen) atoms. The summed E-state index contributed by atoms with van der Waals surface area (Å²) in [7, 11) is 0. The van der Waals surface area contributed by atoms with E-state index in [1.165, 1.54) is 33.4 Å². The first-order valence-electron chi connectivity index (χ1n) is 9.07. The van der Waals surface area contributed by atoms with Crippen molar-refractivity contribution in [1.82, 2.24) is 5.32 Å². The van der Waals surface area contributed by atoms with Crippen LogP contribution in [0.25, 0.3) is 11.6 Å². The predicted octanol–water partition coefficient (Wildman–Crippen LogP) is 3.58. The van der Waals surface area contributed by atoms with Crippen molar-refractivity contribution in [3.8, 4) is 0 Å². The number of fused-ring (bicyclic) bond motifs is 1. The minimum absolute atomic E-state index is 0.0323. The molecule has 0 radical (unpaired) electrons. The molecule has 3 nitrogen and oxygen atoms in total. The summed E-state index contributed by atoms with van der Waals surface area (Å²) in [5, 5.41) is 3.44. The lowest BCUT2D eigenvalue weighted by atomic mass is 9.75. The Bertz CT molecular complexity index is 838. The van der Waals surface area contributed by atoms with Crippen LogP contribution in [0.2, 0.25) is 0 Å². The van der Waals surface area contributed by atoms with Gasteiger partial charge in [0.1, 0.15) is 17.1 Å². The van der Waals surface area contributed by atoms with E-state index >= 15 is 0 Å². The second kappa shape index (κ2) is 4.60. The van der Waals surface area contributed by atoms with Gasteiger partial charge < -0.3 is 10.1 Å².